The van der Waals surface area contributed by atoms with Crippen LogP contribution in [0.15, 0.2) is 35.1 Å². The van der Waals surface area contributed by atoms with E-state index >= 15 is 0 Å². The average molecular weight is 407 g/mol. The molecule has 28 heavy (non-hydrogen) atoms. The van der Waals surface area contributed by atoms with Crippen molar-refractivity contribution in [2.24, 2.45) is 7.05 Å². The number of likely N-dealkylation sites (tertiary alicyclic amines) is 1. The van der Waals surface area contributed by atoms with Gasteiger partial charge >= 0.3 is 5.69 Å². The summed E-state index contributed by atoms with van der Waals surface area (Å²) in [6.07, 6.45) is 2.41. The zero-order valence-corrected chi connectivity index (χ0v) is 17.1. The molecule has 3 rings (SSSR count). The molecule has 1 fully saturated rings. The standard InChI is InChI=1S/C18H25N5O4S/c1-20(28(3,26)27)13-16(24)22-11-9-14(10-12-22)17-19-21(2)18(25)23(17)15-7-5-4-6-8-15/h4-8,14H,9-13H2,1-3H3. The minimum absolute atomic E-state index is 0.0470. The van der Waals surface area contributed by atoms with Gasteiger partial charge in [-0.3, -0.25) is 4.79 Å². The lowest BCUT2D eigenvalue weighted by Crippen LogP contribution is -2.44. The van der Waals surface area contributed by atoms with Crippen molar-refractivity contribution in [2.45, 2.75) is 18.8 Å². The van der Waals surface area contributed by atoms with Gasteiger partial charge in [-0.1, -0.05) is 18.2 Å². The Kier molecular flexibility index (Phi) is 5.71. The molecule has 1 aliphatic rings. The molecule has 2 aromatic rings. The summed E-state index contributed by atoms with van der Waals surface area (Å²) in [7, 11) is -0.368. The number of hydrogen-bond acceptors (Lipinski definition) is 5. The van der Waals surface area contributed by atoms with Crippen molar-refractivity contribution in [3.8, 4) is 5.69 Å². The summed E-state index contributed by atoms with van der Waals surface area (Å²) in [5.74, 6) is 0.526. The highest BCUT2D eigenvalue weighted by Gasteiger charge is 2.29. The van der Waals surface area contributed by atoms with Gasteiger partial charge in [-0.2, -0.15) is 9.40 Å². The van der Waals surface area contributed by atoms with Crippen LogP contribution in [-0.4, -0.2) is 70.8 Å². The molecule has 0 aliphatic carbocycles. The summed E-state index contributed by atoms with van der Waals surface area (Å²) in [6, 6.07) is 9.37. The highest BCUT2D eigenvalue weighted by atomic mass is 32.2. The Morgan fingerprint density at radius 2 is 1.82 bits per heavy atom. The van der Waals surface area contributed by atoms with Crippen LogP contribution in [0.4, 0.5) is 0 Å². The number of hydrogen-bond donors (Lipinski definition) is 0. The summed E-state index contributed by atoms with van der Waals surface area (Å²) in [5.41, 5.74) is 0.568. The van der Waals surface area contributed by atoms with Crippen molar-refractivity contribution in [1.82, 2.24) is 23.6 Å². The second-order valence-corrected chi connectivity index (χ2v) is 9.20. The Hall–Kier alpha value is -2.46. The number of piperidine rings is 1. The lowest BCUT2D eigenvalue weighted by atomic mass is 9.95. The van der Waals surface area contributed by atoms with Crippen LogP contribution >= 0.6 is 0 Å². The minimum atomic E-state index is -3.39. The predicted octanol–water partition coefficient (Wildman–Crippen LogP) is 0.168. The lowest BCUT2D eigenvalue weighted by Gasteiger charge is -2.32. The molecule has 1 aromatic heterocycles. The van der Waals surface area contributed by atoms with Gasteiger partial charge in [0.15, 0.2) is 0 Å². The number of para-hydroxylation sites is 1. The number of carbonyl (C=O) groups excluding carboxylic acids is 1. The van der Waals surface area contributed by atoms with Crippen molar-refractivity contribution in [2.75, 3.05) is 32.9 Å². The van der Waals surface area contributed by atoms with Gasteiger partial charge in [0.1, 0.15) is 5.82 Å². The first-order chi connectivity index (χ1) is 13.2. The van der Waals surface area contributed by atoms with Crippen molar-refractivity contribution in [3.63, 3.8) is 0 Å². The number of sulfonamides is 1. The SMILES string of the molecule is CN(CC(=O)N1CCC(c2nn(C)c(=O)n2-c2ccccc2)CC1)S(C)(=O)=O. The number of aryl methyl sites for hydroxylation is 1. The molecule has 152 valence electrons. The van der Waals surface area contributed by atoms with Gasteiger partial charge in [0.05, 0.1) is 18.5 Å². The molecule has 10 heteroatoms. The van der Waals surface area contributed by atoms with E-state index in [0.717, 1.165) is 16.2 Å². The molecule has 1 saturated heterocycles. The third kappa shape index (κ3) is 4.17. The van der Waals surface area contributed by atoms with E-state index in [4.69, 9.17) is 0 Å². The Morgan fingerprint density at radius 3 is 2.39 bits per heavy atom. The number of aromatic nitrogens is 3. The maximum atomic E-state index is 12.6. The van der Waals surface area contributed by atoms with Crippen LogP contribution in [0.1, 0.15) is 24.6 Å². The van der Waals surface area contributed by atoms with E-state index in [1.54, 1.807) is 16.5 Å². The lowest BCUT2D eigenvalue weighted by molar-refractivity contribution is -0.132. The number of benzene rings is 1. The molecule has 0 radical (unpaired) electrons. The first-order valence-corrected chi connectivity index (χ1v) is 10.9. The Morgan fingerprint density at radius 1 is 1.21 bits per heavy atom. The normalized spacial score (nSPS) is 15.9. The molecule has 0 atom stereocenters. The first-order valence-electron chi connectivity index (χ1n) is 9.09. The zero-order chi connectivity index (χ0) is 20.5. The van der Waals surface area contributed by atoms with Crippen LogP contribution in [0.3, 0.4) is 0 Å². The van der Waals surface area contributed by atoms with Gasteiger partial charge in [-0.05, 0) is 25.0 Å². The number of nitrogens with zero attached hydrogens (tertiary/aromatic N) is 5. The third-order valence-corrected chi connectivity index (χ3v) is 6.36. The van der Waals surface area contributed by atoms with E-state index in [-0.39, 0.29) is 24.1 Å². The van der Waals surface area contributed by atoms with E-state index < -0.39 is 10.0 Å². The van der Waals surface area contributed by atoms with Crippen LogP contribution in [0.2, 0.25) is 0 Å². The highest BCUT2D eigenvalue weighted by molar-refractivity contribution is 7.88. The van der Waals surface area contributed by atoms with Gasteiger partial charge in [-0.25, -0.2) is 22.5 Å². The third-order valence-electron chi connectivity index (χ3n) is 5.10. The van der Waals surface area contributed by atoms with Crippen LogP contribution in [0.5, 0.6) is 0 Å². The molecule has 0 unspecified atom stereocenters. The molecule has 0 bridgehead atoms. The predicted molar refractivity (Wildman–Crippen MR) is 105 cm³/mol. The number of carbonyl (C=O) groups is 1. The maximum Gasteiger partial charge on any atom is 0.350 e. The van der Waals surface area contributed by atoms with Crippen LogP contribution < -0.4 is 5.69 Å². The van der Waals surface area contributed by atoms with Gasteiger partial charge in [0, 0.05) is 33.1 Å². The smallest absolute Gasteiger partial charge is 0.342 e. The number of rotatable bonds is 5. The van der Waals surface area contributed by atoms with Crippen LogP contribution in [0.25, 0.3) is 5.69 Å². The quantitative estimate of drug-likeness (QED) is 0.704. The van der Waals surface area contributed by atoms with E-state index in [2.05, 4.69) is 5.10 Å². The average Bonchev–Trinajstić information content (AvgIpc) is 2.96. The molecule has 1 amide bonds. The first kappa shape index (κ1) is 20.3. The van der Waals surface area contributed by atoms with E-state index in [1.165, 1.54) is 11.7 Å². The molecule has 2 heterocycles. The van der Waals surface area contributed by atoms with E-state index in [1.807, 2.05) is 30.3 Å². The Balaban J connectivity index is 1.73. The minimum Gasteiger partial charge on any atom is -0.342 e. The summed E-state index contributed by atoms with van der Waals surface area (Å²) in [6.45, 7) is 0.836. The fraction of sp³-hybridized carbons (Fsp3) is 0.500. The Bertz CT molecular complexity index is 1000. The van der Waals surface area contributed by atoms with Crippen molar-refractivity contribution >= 4 is 15.9 Å². The Labute approximate surface area is 164 Å². The van der Waals surface area contributed by atoms with Crippen molar-refractivity contribution < 1.29 is 13.2 Å². The second kappa shape index (κ2) is 7.88. The molecule has 1 aromatic carbocycles. The van der Waals surface area contributed by atoms with Crippen LogP contribution in [0, 0.1) is 0 Å². The van der Waals surface area contributed by atoms with E-state index in [9.17, 15) is 18.0 Å². The van der Waals surface area contributed by atoms with Gasteiger partial charge in [0.25, 0.3) is 0 Å². The fourth-order valence-corrected chi connectivity index (χ4v) is 3.71. The highest BCUT2D eigenvalue weighted by Crippen LogP contribution is 2.27. The van der Waals surface area contributed by atoms with E-state index in [0.29, 0.717) is 31.8 Å². The summed E-state index contributed by atoms with van der Waals surface area (Å²) in [4.78, 5) is 26.6. The molecular weight excluding hydrogens is 382 g/mol. The molecule has 0 N–H and O–H groups in total. The van der Waals surface area contributed by atoms with Gasteiger partial charge in [0.2, 0.25) is 15.9 Å². The summed E-state index contributed by atoms with van der Waals surface area (Å²) in [5, 5.41) is 4.44. The largest absolute Gasteiger partial charge is 0.350 e. The number of likely N-dealkylation sites (N-methyl/N-ethyl adjacent to an activating group) is 1. The molecule has 9 nitrogen and oxygen atoms in total. The van der Waals surface area contributed by atoms with Gasteiger partial charge < -0.3 is 4.90 Å². The van der Waals surface area contributed by atoms with Crippen LogP contribution in [-0.2, 0) is 21.9 Å². The second-order valence-electron chi connectivity index (χ2n) is 7.11. The topological polar surface area (TPSA) is 97.5 Å². The monoisotopic (exact) mass is 407 g/mol. The summed E-state index contributed by atoms with van der Waals surface area (Å²) < 4.78 is 27.0. The molecule has 1 aliphatic heterocycles. The molecular formula is C18H25N5O4S. The van der Waals surface area contributed by atoms with Crippen molar-refractivity contribution in [1.29, 1.82) is 0 Å². The fourth-order valence-electron chi connectivity index (χ4n) is 3.36. The molecule has 0 spiro atoms. The summed E-state index contributed by atoms with van der Waals surface area (Å²) >= 11 is 0. The zero-order valence-electron chi connectivity index (χ0n) is 16.3. The molecule has 0 saturated carbocycles. The number of amides is 1. The maximum absolute atomic E-state index is 12.6. The van der Waals surface area contributed by atoms with Gasteiger partial charge in [-0.15, -0.1) is 0 Å². The van der Waals surface area contributed by atoms with Crippen molar-refractivity contribution in [3.05, 3.63) is 46.6 Å².